The van der Waals surface area contributed by atoms with Crippen molar-refractivity contribution in [3.05, 3.63) is 392 Å². The van der Waals surface area contributed by atoms with Crippen molar-refractivity contribution < 1.29 is 0 Å². The summed E-state index contributed by atoms with van der Waals surface area (Å²) in [5, 5.41) is 17.2. The molecule has 518 valence electrons. The minimum absolute atomic E-state index is 0.480. The monoisotopic (exact) mass is 1410 g/mol. The fourth-order valence-electron chi connectivity index (χ4n) is 18.3. The van der Waals surface area contributed by atoms with Crippen LogP contribution in [0.3, 0.4) is 0 Å². The fourth-order valence-corrected chi connectivity index (χ4v) is 18.3. The lowest BCUT2D eigenvalue weighted by atomic mass is 9.93. The highest BCUT2D eigenvalue weighted by atomic mass is 15.4. The molecule has 0 amide bonds. The van der Waals surface area contributed by atoms with Crippen molar-refractivity contribution in [3.63, 3.8) is 0 Å². The molecule has 0 bridgehead atoms. The number of hydrogen-bond acceptors (Lipinski definition) is 4. The van der Waals surface area contributed by atoms with Crippen molar-refractivity contribution in [3.8, 4) is 73.1 Å². The van der Waals surface area contributed by atoms with Crippen LogP contribution < -0.4 is 10.6 Å². The second-order valence-corrected chi connectivity index (χ2v) is 29.4. The summed E-state index contributed by atoms with van der Waals surface area (Å²) in [6, 6.07) is 138. The summed E-state index contributed by atoms with van der Waals surface area (Å²) in [4.78, 5) is 19.0. The Kier molecular flexibility index (Phi) is 13.9. The van der Waals surface area contributed by atoms with Crippen molar-refractivity contribution >= 4 is 125 Å². The molecule has 111 heavy (non-hydrogen) atoms. The maximum absolute atomic E-state index is 5.83. The number of rotatable bonds is 10. The van der Waals surface area contributed by atoms with Gasteiger partial charge >= 0.3 is 0 Å². The average molecular weight is 1420 g/mol. The molecule has 6 heterocycles. The second-order valence-electron chi connectivity index (χ2n) is 29.4. The van der Waals surface area contributed by atoms with Gasteiger partial charge in [0.1, 0.15) is 0 Å². The first-order valence-electron chi connectivity index (χ1n) is 38.1. The number of fused-ring (bicyclic) bond motifs is 18. The third-order valence-corrected chi connectivity index (χ3v) is 23.4. The Morgan fingerprint density at radius 2 is 0.730 bits per heavy atom. The van der Waals surface area contributed by atoms with Gasteiger partial charge in [0.2, 0.25) is 12.2 Å². The minimum Gasteiger partial charge on any atom is -0.335 e. The normalized spacial score (nSPS) is 13.2. The predicted molar refractivity (Wildman–Crippen MR) is 461 cm³/mol. The summed E-state index contributed by atoms with van der Waals surface area (Å²) in [7, 11) is 2.23. The Bertz CT molecular complexity index is 7760. The number of para-hydroxylation sites is 5. The fraction of sp³-hybridized carbons (Fsp3) is 0.0194. The van der Waals surface area contributed by atoms with E-state index in [1.165, 1.54) is 81.4 Å². The largest absolute Gasteiger partial charge is 0.335 e. The van der Waals surface area contributed by atoms with Crippen molar-refractivity contribution in [2.75, 3.05) is 7.05 Å². The van der Waals surface area contributed by atoms with Crippen LogP contribution in [-0.4, -0.2) is 40.2 Å². The molecule has 1 unspecified atom stereocenters. The van der Waals surface area contributed by atoms with Gasteiger partial charge in [-0.05, 0) is 181 Å². The molecule has 8 heteroatoms. The van der Waals surface area contributed by atoms with Crippen LogP contribution in [0.5, 0.6) is 0 Å². The first-order chi connectivity index (χ1) is 55.0. The molecular formula is C103H66N8. The van der Waals surface area contributed by atoms with E-state index in [9.17, 15) is 0 Å². The van der Waals surface area contributed by atoms with Crippen molar-refractivity contribution in [1.29, 1.82) is 0 Å². The molecular weight excluding hydrogens is 1350 g/mol. The van der Waals surface area contributed by atoms with Crippen LogP contribution in [0.25, 0.3) is 198 Å². The predicted octanol–water partition coefficient (Wildman–Crippen LogP) is 24.5. The Morgan fingerprint density at radius 3 is 1.42 bits per heavy atom. The van der Waals surface area contributed by atoms with Crippen LogP contribution in [0.15, 0.2) is 381 Å². The number of aromatic nitrogens is 6. The van der Waals surface area contributed by atoms with Gasteiger partial charge in [0.25, 0.3) is 0 Å². The van der Waals surface area contributed by atoms with Crippen molar-refractivity contribution in [2.45, 2.75) is 6.29 Å². The Hall–Kier alpha value is -14.7. The summed E-state index contributed by atoms with van der Waals surface area (Å²) < 4.78 is 9.64. The molecule has 17 aromatic carbocycles. The molecule has 1 aliphatic rings. The van der Waals surface area contributed by atoms with E-state index in [0.29, 0.717) is 5.95 Å². The van der Waals surface area contributed by atoms with Crippen LogP contribution in [0.4, 0.5) is 0 Å². The van der Waals surface area contributed by atoms with E-state index in [-0.39, 0.29) is 0 Å². The van der Waals surface area contributed by atoms with Crippen LogP contribution in [0, 0.1) is 0 Å². The molecule has 0 saturated carbocycles. The zero-order chi connectivity index (χ0) is 72.9. The molecule has 0 fully saturated rings. The average Bonchev–Trinajstić information content (AvgIpc) is 1.57. The van der Waals surface area contributed by atoms with Gasteiger partial charge in [-0.25, -0.2) is 15.0 Å². The number of benzene rings is 17. The number of hydrogen-bond donors (Lipinski definition) is 0. The van der Waals surface area contributed by atoms with Crippen molar-refractivity contribution in [2.24, 2.45) is 4.99 Å². The highest BCUT2D eigenvalue weighted by Crippen LogP contribution is 2.48. The molecule has 1 atom stereocenters. The molecule has 0 aliphatic carbocycles. The summed E-state index contributed by atoms with van der Waals surface area (Å²) in [5.74, 6) is 0.636. The Balaban J connectivity index is 0.716. The topological polar surface area (TPSA) is 61.1 Å². The van der Waals surface area contributed by atoms with E-state index in [2.05, 4.69) is 406 Å². The van der Waals surface area contributed by atoms with Crippen LogP contribution in [0.1, 0.15) is 11.9 Å². The van der Waals surface area contributed by atoms with Crippen LogP contribution in [0.2, 0.25) is 0 Å². The molecule has 5 aromatic heterocycles. The van der Waals surface area contributed by atoms with Crippen molar-refractivity contribution in [1.82, 2.24) is 33.1 Å². The van der Waals surface area contributed by atoms with Crippen LogP contribution >= 0.6 is 0 Å². The van der Waals surface area contributed by atoms with E-state index in [0.717, 1.165) is 127 Å². The molecule has 0 N–H and O–H groups in total. The smallest absolute Gasteiger partial charge is 0.235 e. The van der Waals surface area contributed by atoms with E-state index in [1.807, 2.05) is 0 Å². The third kappa shape index (κ3) is 9.70. The lowest BCUT2D eigenvalue weighted by Crippen LogP contribution is -2.42. The quantitative estimate of drug-likeness (QED) is 0.137. The summed E-state index contributed by atoms with van der Waals surface area (Å²) in [5.41, 5.74) is 25.4. The zero-order valence-corrected chi connectivity index (χ0v) is 60.5. The van der Waals surface area contributed by atoms with Gasteiger partial charge in [-0.15, -0.1) is 0 Å². The van der Waals surface area contributed by atoms with E-state index < -0.39 is 6.29 Å². The maximum atomic E-state index is 5.83. The first kappa shape index (κ1) is 62.5. The van der Waals surface area contributed by atoms with Gasteiger partial charge in [0.15, 0.2) is 0 Å². The van der Waals surface area contributed by atoms with Gasteiger partial charge in [-0.2, -0.15) is 0 Å². The van der Waals surface area contributed by atoms with Gasteiger partial charge in [-0.1, -0.05) is 267 Å². The van der Waals surface area contributed by atoms with Gasteiger partial charge in [-0.3, -0.25) is 4.57 Å². The maximum Gasteiger partial charge on any atom is 0.235 e. The summed E-state index contributed by atoms with van der Waals surface area (Å²) in [6.45, 7) is 0. The molecule has 0 saturated heterocycles. The minimum atomic E-state index is -0.480. The SMILES string of the molecule is CN1C(c2ccc(-c3ccccc3)cc2)=c2ccccc2=NC1n1c2ccc(-c3ccc4c(c3)c3ccccc3n4-c3ccccc3)cc2c2c3ccccc3c(-c3ccc4c5cc(-c6ccc7c(c6)c6c8ccccc8ccc6n7-c6nc(-c7ccccc7)c7ccccc7n6)ccc5n(-c5ccccc5)c4c3)cc21. The van der Waals surface area contributed by atoms with Gasteiger partial charge in [0.05, 0.1) is 66.4 Å². The highest BCUT2D eigenvalue weighted by Gasteiger charge is 2.30. The van der Waals surface area contributed by atoms with E-state index in [1.54, 1.807) is 0 Å². The number of nitrogens with zero attached hydrogens (tertiary/aromatic N) is 8. The summed E-state index contributed by atoms with van der Waals surface area (Å²) in [6.07, 6.45) is -0.480. The molecule has 23 rings (SSSR count). The molecule has 0 spiro atoms. The standard InChI is InChI=1S/C103H66N8/c1-107-101(68-44-42-65(43-45-68)64-24-6-2-7-25-64)82-38-19-22-40-89(82)105-103(107)111-94-56-51-72(69-48-53-91-84(58-69)78-35-20-23-41-90(78)108(91)74-29-10-4-11-30-74)61-87(94)99-80-36-17-16-34-77(80)83(63-97(99)111)73-46-52-79-85-59-70(49-54-92(85)109(96(79)62-73)75-31-12-5-13-32-75)71-50-55-93-86(60-71)98-76-33-15-14-26-66(76)47-57-95(98)110(93)102-104-88-39-21-18-37-81(88)100(106-102)67-27-8-3-9-28-67/h2-63,103H,1H3. The van der Waals surface area contributed by atoms with E-state index >= 15 is 0 Å². The lowest BCUT2D eigenvalue weighted by Gasteiger charge is -2.34. The molecule has 0 radical (unpaired) electrons. The van der Waals surface area contributed by atoms with Crippen LogP contribution in [-0.2, 0) is 0 Å². The molecule has 1 aliphatic heterocycles. The molecule has 22 aromatic rings. The highest BCUT2D eigenvalue weighted by molar-refractivity contribution is 6.26. The first-order valence-corrected chi connectivity index (χ1v) is 38.1. The zero-order valence-electron chi connectivity index (χ0n) is 60.5. The van der Waals surface area contributed by atoms with E-state index in [4.69, 9.17) is 15.0 Å². The third-order valence-electron chi connectivity index (χ3n) is 23.4. The second kappa shape index (κ2) is 24.7. The van der Waals surface area contributed by atoms with Gasteiger partial charge < -0.3 is 18.6 Å². The van der Waals surface area contributed by atoms with Gasteiger partial charge in [0, 0.05) is 77.7 Å². The Labute approximate surface area is 638 Å². The molecule has 8 nitrogen and oxygen atoms in total. The summed E-state index contributed by atoms with van der Waals surface area (Å²) >= 11 is 0. The Morgan fingerprint density at radius 1 is 0.261 bits per heavy atom. The lowest BCUT2D eigenvalue weighted by molar-refractivity contribution is 0.271.